The molecule has 0 saturated carbocycles. The Balaban J connectivity index is 2.06. The van der Waals surface area contributed by atoms with Crippen LogP contribution < -0.4 is 5.32 Å². The Morgan fingerprint density at radius 3 is 2.58 bits per heavy atom. The normalized spacial score (nSPS) is 23.2. The molecule has 1 amide bonds. The summed E-state index contributed by atoms with van der Waals surface area (Å²) >= 11 is 0. The zero-order chi connectivity index (χ0) is 13.8. The van der Waals surface area contributed by atoms with Crippen LogP contribution in [0.3, 0.4) is 0 Å². The summed E-state index contributed by atoms with van der Waals surface area (Å²) in [5.41, 5.74) is 0.378. The Morgan fingerprint density at radius 2 is 2.05 bits per heavy atom. The number of hydrogen-bond acceptors (Lipinski definition) is 5. The van der Waals surface area contributed by atoms with Gasteiger partial charge in [0.05, 0.1) is 12.2 Å². The van der Waals surface area contributed by atoms with Crippen LogP contribution in [0.2, 0.25) is 0 Å². The topological polar surface area (TPSA) is 67.4 Å². The third-order valence-corrected chi connectivity index (χ3v) is 2.95. The van der Waals surface area contributed by atoms with Gasteiger partial charge in [0.15, 0.2) is 5.69 Å². The molecule has 1 aromatic heterocycles. The minimum absolute atomic E-state index is 0.0571. The number of hydrogen-bond donors (Lipinski definition) is 1. The molecule has 104 valence electrons. The second kappa shape index (κ2) is 5.97. The van der Waals surface area contributed by atoms with Crippen molar-refractivity contribution >= 4 is 11.7 Å². The molecule has 0 spiro atoms. The fourth-order valence-electron chi connectivity index (χ4n) is 2.23. The van der Waals surface area contributed by atoms with Crippen molar-refractivity contribution in [3.05, 3.63) is 17.8 Å². The zero-order valence-electron chi connectivity index (χ0n) is 11.6. The van der Waals surface area contributed by atoms with Gasteiger partial charge in [0, 0.05) is 19.6 Å². The first-order valence-electron chi connectivity index (χ1n) is 6.62. The number of nitrogens with one attached hydrogen (secondary N) is 1. The number of morpholine rings is 1. The van der Waals surface area contributed by atoms with Gasteiger partial charge < -0.3 is 15.0 Å². The highest BCUT2D eigenvalue weighted by atomic mass is 16.5. The maximum Gasteiger partial charge on any atom is 0.274 e. The highest BCUT2D eigenvalue weighted by Crippen LogP contribution is 2.13. The second-order valence-corrected chi connectivity index (χ2v) is 4.80. The number of anilines is 1. The minimum Gasteiger partial charge on any atom is -0.372 e. The first-order valence-corrected chi connectivity index (χ1v) is 6.62. The van der Waals surface area contributed by atoms with Gasteiger partial charge in [0.1, 0.15) is 5.82 Å². The smallest absolute Gasteiger partial charge is 0.274 e. The molecule has 0 bridgehead atoms. The third kappa shape index (κ3) is 3.41. The van der Waals surface area contributed by atoms with Crippen LogP contribution in [0.4, 0.5) is 5.82 Å². The van der Waals surface area contributed by atoms with Crippen LogP contribution in [0.25, 0.3) is 0 Å². The predicted octanol–water partition coefficient (Wildman–Crippen LogP) is 1.16. The number of carbonyl (C=O) groups excluding carboxylic acids is 1. The summed E-state index contributed by atoms with van der Waals surface area (Å²) in [5.74, 6) is 0.598. The first kappa shape index (κ1) is 13.7. The first-order chi connectivity index (χ1) is 9.10. The van der Waals surface area contributed by atoms with Crippen molar-refractivity contribution in [1.82, 2.24) is 15.1 Å². The lowest BCUT2D eigenvalue weighted by Gasteiger charge is -2.35. The Kier molecular flexibility index (Phi) is 4.31. The van der Waals surface area contributed by atoms with Crippen molar-refractivity contribution in [3.8, 4) is 0 Å². The van der Waals surface area contributed by atoms with E-state index in [9.17, 15) is 4.79 Å². The highest BCUT2D eigenvalue weighted by Gasteiger charge is 2.27. The van der Waals surface area contributed by atoms with Crippen LogP contribution in [0, 0.1) is 0 Å². The number of amides is 1. The van der Waals surface area contributed by atoms with Crippen molar-refractivity contribution < 1.29 is 9.53 Å². The van der Waals surface area contributed by atoms with Gasteiger partial charge in [-0.1, -0.05) is 0 Å². The van der Waals surface area contributed by atoms with Crippen LogP contribution in [-0.4, -0.2) is 52.8 Å². The van der Waals surface area contributed by atoms with E-state index in [1.807, 2.05) is 20.8 Å². The van der Waals surface area contributed by atoms with Gasteiger partial charge in [-0.25, -0.2) is 0 Å². The van der Waals surface area contributed by atoms with Crippen LogP contribution in [0.1, 0.15) is 31.3 Å². The highest BCUT2D eigenvalue weighted by molar-refractivity contribution is 5.92. The van der Waals surface area contributed by atoms with E-state index < -0.39 is 0 Å². The Bertz CT molecular complexity index is 425. The SMILES string of the molecule is CCNc1ccc(C(=O)N2CC(C)OC(C)C2)nn1. The van der Waals surface area contributed by atoms with E-state index in [-0.39, 0.29) is 18.1 Å². The van der Waals surface area contributed by atoms with E-state index in [1.165, 1.54) is 0 Å². The molecule has 2 atom stereocenters. The van der Waals surface area contributed by atoms with E-state index >= 15 is 0 Å². The van der Waals surface area contributed by atoms with Crippen LogP contribution in [-0.2, 0) is 4.74 Å². The molecule has 6 heteroatoms. The summed E-state index contributed by atoms with van der Waals surface area (Å²) in [6.45, 7) is 7.89. The lowest BCUT2D eigenvalue weighted by Crippen LogP contribution is -2.48. The molecule has 6 nitrogen and oxygen atoms in total. The Morgan fingerprint density at radius 1 is 1.37 bits per heavy atom. The minimum atomic E-state index is -0.0856. The average Bonchev–Trinajstić information content (AvgIpc) is 2.38. The largest absolute Gasteiger partial charge is 0.372 e. The standard InChI is InChI=1S/C13H20N4O2/c1-4-14-12-6-5-11(15-16-12)13(18)17-7-9(2)19-10(3)8-17/h5-6,9-10H,4,7-8H2,1-3H3,(H,14,16). The number of ether oxygens (including phenoxy) is 1. The molecule has 2 heterocycles. The zero-order valence-corrected chi connectivity index (χ0v) is 11.6. The van der Waals surface area contributed by atoms with E-state index in [1.54, 1.807) is 17.0 Å². The molecule has 1 aliphatic rings. The van der Waals surface area contributed by atoms with Crippen LogP contribution in [0.15, 0.2) is 12.1 Å². The molecular weight excluding hydrogens is 244 g/mol. The van der Waals surface area contributed by atoms with Crippen molar-refractivity contribution in [3.63, 3.8) is 0 Å². The molecule has 1 N–H and O–H groups in total. The van der Waals surface area contributed by atoms with Crippen LogP contribution >= 0.6 is 0 Å². The Hall–Kier alpha value is -1.69. The van der Waals surface area contributed by atoms with Gasteiger partial charge >= 0.3 is 0 Å². The molecule has 19 heavy (non-hydrogen) atoms. The monoisotopic (exact) mass is 264 g/mol. The molecule has 0 aromatic carbocycles. The van der Waals surface area contributed by atoms with E-state index in [2.05, 4.69) is 15.5 Å². The van der Waals surface area contributed by atoms with Crippen molar-refractivity contribution in [2.45, 2.75) is 33.0 Å². The quantitative estimate of drug-likeness (QED) is 0.887. The van der Waals surface area contributed by atoms with E-state index in [4.69, 9.17) is 4.74 Å². The van der Waals surface area contributed by atoms with Gasteiger partial charge in [-0.15, -0.1) is 10.2 Å². The van der Waals surface area contributed by atoms with E-state index in [0.29, 0.717) is 24.6 Å². The molecule has 0 radical (unpaired) electrons. The summed E-state index contributed by atoms with van der Waals surface area (Å²) in [7, 11) is 0. The molecular formula is C13H20N4O2. The molecule has 0 aliphatic carbocycles. The molecule has 1 aliphatic heterocycles. The van der Waals surface area contributed by atoms with Crippen molar-refractivity contribution in [2.75, 3.05) is 25.0 Å². The fourth-order valence-corrected chi connectivity index (χ4v) is 2.23. The maximum atomic E-state index is 12.3. The Labute approximate surface area is 113 Å². The summed E-state index contributed by atoms with van der Waals surface area (Å²) in [6.07, 6.45) is 0.114. The fraction of sp³-hybridized carbons (Fsp3) is 0.615. The van der Waals surface area contributed by atoms with Gasteiger partial charge in [0.25, 0.3) is 5.91 Å². The number of aromatic nitrogens is 2. The number of carbonyl (C=O) groups is 1. The van der Waals surface area contributed by atoms with Gasteiger partial charge in [-0.2, -0.15) is 0 Å². The van der Waals surface area contributed by atoms with Crippen molar-refractivity contribution in [2.24, 2.45) is 0 Å². The van der Waals surface area contributed by atoms with Crippen LogP contribution in [0.5, 0.6) is 0 Å². The van der Waals surface area contributed by atoms with Gasteiger partial charge in [-0.3, -0.25) is 4.79 Å². The van der Waals surface area contributed by atoms with E-state index in [0.717, 1.165) is 6.54 Å². The summed E-state index contributed by atoms with van der Waals surface area (Å²) in [4.78, 5) is 14.1. The average molecular weight is 264 g/mol. The molecule has 1 aromatic rings. The lowest BCUT2D eigenvalue weighted by atomic mass is 10.2. The number of nitrogens with zero attached hydrogens (tertiary/aromatic N) is 3. The molecule has 1 saturated heterocycles. The summed E-state index contributed by atoms with van der Waals surface area (Å²) in [5, 5.41) is 11.0. The third-order valence-electron chi connectivity index (χ3n) is 2.95. The molecule has 2 rings (SSSR count). The predicted molar refractivity (Wildman–Crippen MR) is 72.1 cm³/mol. The van der Waals surface area contributed by atoms with Gasteiger partial charge in [0.2, 0.25) is 0 Å². The molecule has 2 unspecified atom stereocenters. The summed E-state index contributed by atoms with van der Waals surface area (Å²) < 4.78 is 5.61. The van der Waals surface area contributed by atoms with Crippen molar-refractivity contribution in [1.29, 1.82) is 0 Å². The number of rotatable bonds is 3. The lowest BCUT2D eigenvalue weighted by molar-refractivity contribution is -0.0587. The molecule has 1 fully saturated rings. The second-order valence-electron chi connectivity index (χ2n) is 4.80. The van der Waals surface area contributed by atoms with Gasteiger partial charge in [-0.05, 0) is 32.9 Å². The summed E-state index contributed by atoms with van der Waals surface area (Å²) in [6, 6.07) is 3.48. The maximum absolute atomic E-state index is 12.3.